The molecule has 0 amide bonds. The van der Waals surface area contributed by atoms with E-state index in [1.54, 1.807) is 0 Å². The van der Waals surface area contributed by atoms with Crippen LogP contribution in [0.1, 0.15) is 34.2 Å². The third kappa shape index (κ3) is 2.06. The first kappa shape index (κ1) is 12.3. The quantitative estimate of drug-likeness (QED) is 0.770. The number of anilines is 1. The molecule has 1 aliphatic carbocycles. The predicted molar refractivity (Wildman–Crippen MR) is 78.5 cm³/mol. The topological polar surface area (TPSA) is 102 Å². The molecule has 3 aromatic rings. The van der Waals surface area contributed by atoms with Gasteiger partial charge in [0.2, 0.25) is 0 Å². The fraction of sp³-hybridized carbons (Fsp3) is 0.214. The highest BCUT2D eigenvalue weighted by molar-refractivity contribution is 7.20. The summed E-state index contributed by atoms with van der Waals surface area (Å²) in [5, 5.41) is 9.60. The van der Waals surface area contributed by atoms with Crippen molar-refractivity contribution in [2.24, 2.45) is 0 Å². The van der Waals surface area contributed by atoms with Gasteiger partial charge in [0, 0.05) is 5.92 Å². The lowest BCUT2D eigenvalue weighted by atomic mass is 10.3. The van der Waals surface area contributed by atoms with Crippen molar-refractivity contribution in [3.05, 3.63) is 28.8 Å². The molecule has 1 fully saturated rings. The molecule has 6 nitrogen and oxygen atoms in total. The van der Waals surface area contributed by atoms with Crippen LogP contribution >= 0.6 is 11.3 Å². The first-order valence-electron chi connectivity index (χ1n) is 6.52. The zero-order valence-electron chi connectivity index (χ0n) is 10.9. The summed E-state index contributed by atoms with van der Waals surface area (Å²) in [4.78, 5) is 20.4. The first-order chi connectivity index (χ1) is 10.1. The number of rotatable bonds is 3. The van der Waals surface area contributed by atoms with E-state index < -0.39 is 5.97 Å². The van der Waals surface area contributed by atoms with Gasteiger partial charge in [-0.15, -0.1) is 11.3 Å². The average Bonchev–Trinajstić information content (AvgIpc) is 3.02. The number of carbonyl (C=O) groups is 1. The van der Waals surface area contributed by atoms with Crippen LogP contribution in [0.25, 0.3) is 21.8 Å². The van der Waals surface area contributed by atoms with Crippen LogP contribution in [0, 0.1) is 0 Å². The van der Waals surface area contributed by atoms with Crippen molar-refractivity contribution >= 4 is 33.3 Å². The number of thiophene rings is 1. The van der Waals surface area contributed by atoms with Gasteiger partial charge in [-0.3, -0.25) is 0 Å². The number of carboxylic acids is 1. The van der Waals surface area contributed by atoms with Crippen LogP contribution in [0.15, 0.2) is 22.6 Å². The third-order valence-corrected chi connectivity index (χ3v) is 4.48. The molecule has 0 aliphatic heterocycles. The molecule has 21 heavy (non-hydrogen) atoms. The van der Waals surface area contributed by atoms with Crippen molar-refractivity contribution < 1.29 is 14.3 Å². The molecular weight excluding hydrogens is 290 g/mol. The number of aromatic carboxylic acids is 1. The smallest absolute Gasteiger partial charge is 0.345 e. The Kier molecular flexibility index (Phi) is 2.52. The molecule has 1 aliphatic rings. The fourth-order valence-corrected chi connectivity index (χ4v) is 3.10. The molecule has 0 saturated heterocycles. The third-order valence-electron chi connectivity index (χ3n) is 3.46. The summed E-state index contributed by atoms with van der Waals surface area (Å²) < 4.78 is 5.76. The molecule has 0 bridgehead atoms. The second-order valence-corrected chi connectivity index (χ2v) is 6.07. The predicted octanol–water partition coefficient (Wildman–Crippen LogP) is 3.11. The summed E-state index contributed by atoms with van der Waals surface area (Å²) >= 11 is 1.08. The number of hydrogen-bond donors (Lipinski definition) is 2. The van der Waals surface area contributed by atoms with Crippen LogP contribution in [-0.2, 0) is 0 Å². The highest BCUT2D eigenvalue weighted by atomic mass is 32.1. The molecule has 1 saturated carbocycles. The number of nitrogens with two attached hydrogens (primary N) is 1. The Morgan fingerprint density at radius 1 is 1.38 bits per heavy atom. The summed E-state index contributed by atoms with van der Waals surface area (Å²) in [6.07, 6.45) is 2.31. The van der Waals surface area contributed by atoms with E-state index in [2.05, 4.69) is 9.97 Å². The van der Waals surface area contributed by atoms with E-state index in [4.69, 9.17) is 15.3 Å². The zero-order valence-corrected chi connectivity index (χ0v) is 11.7. The Bertz CT molecular complexity index is 864. The highest BCUT2D eigenvalue weighted by Crippen LogP contribution is 2.42. The van der Waals surface area contributed by atoms with E-state index in [9.17, 15) is 4.79 Å². The Morgan fingerprint density at radius 2 is 2.19 bits per heavy atom. The number of furan rings is 1. The van der Waals surface area contributed by atoms with Gasteiger partial charge in [0.1, 0.15) is 21.3 Å². The van der Waals surface area contributed by atoms with Crippen LogP contribution in [0.2, 0.25) is 0 Å². The maximum Gasteiger partial charge on any atom is 0.345 e. The Balaban J connectivity index is 1.82. The van der Waals surface area contributed by atoms with Gasteiger partial charge < -0.3 is 15.3 Å². The van der Waals surface area contributed by atoms with Gasteiger partial charge in [0.25, 0.3) is 0 Å². The van der Waals surface area contributed by atoms with Gasteiger partial charge in [-0.25, -0.2) is 14.8 Å². The van der Waals surface area contributed by atoms with Gasteiger partial charge in [0.15, 0.2) is 11.6 Å². The summed E-state index contributed by atoms with van der Waals surface area (Å²) in [6.45, 7) is 0. The number of carboxylic acid groups (broad SMARTS) is 1. The van der Waals surface area contributed by atoms with E-state index in [1.807, 2.05) is 12.1 Å². The number of fused-ring (bicyclic) bond motifs is 1. The van der Waals surface area contributed by atoms with Crippen molar-refractivity contribution in [2.75, 3.05) is 5.73 Å². The van der Waals surface area contributed by atoms with Gasteiger partial charge in [-0.2, -0.15) is 0 Å². The maximum absolute atomic E-state index is 11.0. The Morgan fingerprint density at radius 3 is 2.90 bits per heavy atom. The molecule has 3 N–H and O–H groups in total. The van der Waals surface area contributed by atoms with E-state index in [-0.39, 0.29) is 10.7 Å². The molecule has 0 unspecified atom stereocenters. The number of nitrogen functional groups attached to an aromatic ring is 1. The monoisotopic (exact) mass is 301 g/mol. The number of hydrogen-bond acceptors (Lipinski definition) is 6. The fourth-order valence-electron chi connectivity index (χ4n) is 2.22. The summed E-state index contributed by atoms with van der Waals surface area (Å²) in [6, 6.07) is 5.27. The van der Waals surface area contributed by atoms with E-state index in [0.29, 0.717) is 27.7 Å². The van der Waals surface area contributed by atoms with Crippen molar-refractivity contribution in [1.29, 1.82) is 0 Å². The molecule has 3 aromatic heterocycles. The zero-order chi connectivity index (χ0) is 14.6. The first-order valence-corrected chi connectivity index (χ1v) is 7.34. The maximum atomic E-state index is 11.0. The molecule has 0 spiro atoms. The SMILES string of the molecule is Nc1nc(-c2ccc(C3CC3)o2)nc2sc(C(=O)O)cc12. The summed E-state index contributed by atoms with van der Waals surface area (Å²) in [5.74, 6) is 1.70. The van der Waals surface area contributed by atoms with Crippen LogP contribution < -0.4 is 5.73 Å². The van der Waals surface area contributed by atoms with Crippen LogP contribution in [0.4, 0.5) is 5.82 Å². The number of aromatic nitrogens is 2. The van der Waals surface area contributed by atoms with Crippen LogP contribution in [0.5, 0.6) is 0 Å². The summed E-state index contributed by atoms with van der Waals surface area (Å²) in [5.41, 5.74) is 5.91. The highest BCUT2D eigenvalue weighted by Gasteiger charge is 2.27. The largest absolute Gasteiger partial charge is 0.477 e. The molecule has 0 atom stereocenters. The van der Waals surface area contributed by atoms with Crippen LogP contribution in [0.3, 0.4) is 0 Å². The van der Waals surface area contributed by atoms with Crippen molar-refractivity contribution in [3.63, 3.8) is 0 Å². The molecule has 0 aromatic carbocycles. The lowest BCUT2D eigenvalue weighted by molar-refractivity contribution is 0.0702. The van der Waals surface area contributed by atoms with Crippen molar-refractivity contribution in [1.82, 2.24) is 9.97 Å². The van der Waals surface area contributed by atoms with Gasteiger partial charge in [0.05, 0.1) is 5.39 Å². The molecule has 3 heterocycles. The minimum absolute atomic E-state index is 0.196. The minimum atomic E-state index is -0.993. The van der Waals surface area contributed by atoms with Gasteiger partial charge in [-0.1, -0.05) is 0 Å². The van der Waals surface area contributed by atoms with Crippen molar-refractivity contribution in [3.8, 4) is 11.6 Å². The van der Waals surface area contributed by atoms with Crippen molar-refractivity contribution in [2.45, 2.75) is 18.8 Å². The lowest BCUT2D eigenvalue weighted by Crippen LogP contribution is -1.95. The number of nitrogens with zero attached hydrogens (tertiary/aromatic N) is 2. The standard InChI is InChI=1S/C14H11N3O3S/c15-11-7-5-10(14(18)19)21-13(7)17-12(16-11)9-4-3-8(20-9)6-1-2-6/h3-6H,1-2H2,(H,18,19)(H2,15,16,17). The minimum Gasteiger partial charge on any atom is -0.477 e. The van der Waals surface area contributed by atoms with Gasteiger partial charge in [-0.05, 0) is 31.0 Å². The van der Waals surface area contributed by atoms with E-state index in [1.165, 1.54) is 6.07 Å². The molecule has 106 valence electrons. The van der Waals surface area contributed by atoms with E-state index >= 15 is 0 Å². The normalized spacial score (nSPS) is 14.7. The second kappa shape index (κ2) is 4.29. The van der Waals surface area contributed by atoms with E-state index in [0.717, 1.165) is 29.9 Å². The average molecular weight is 301 g/mol. The molecule has 4 rings (SSSR count). The molecule has 0 radical (unpaired) electrons. The Labute approximate surface area is 123 Å². The van der Waals surface area contributed by atoms with Crippen LogP contribution in [-0.4, -0.2) is 21.0 Å². The Hall–Kier alpha value is -2.41. The second-order valence-electron chi connectivity index (χ2n) is 5.04. The summed E-state index contributed by atoms with van der Waals surface area (Å²) in [7, 11) is 0. The molecular formula is C14H11N3O3S. The van der Waals surface area contributed by atoms with Gasteiger partial charge >= 0.3 is 5.97 Å². The molecule has 7 heteroatoms. The lowest BCUT2D eigenvalue weighted by Gasteiger charge is -1.99.